The summed E-state index contributed by atoms with van der Waals surface area (Å²) in [6.45, 7) is 0. The summed E-state index contributed by atoms with van der Waals surface area (Å²) in [5, 5.41) is 6.75. The van der Waals surface area contributed by atoms with E-state index < -0.39 is 0 Å². The molecule has 2 aliphatic rings. The highest BCUT2D eigenvalue weighted by Crippen LogP contribution is 2.29. The van der Waals surface area contributed by atoms with Gasteiger partial charge >= 0.3 is 0 Å². The molecule has 0 unspecified atom stereocenters. The van der Waals surface area contributed by atoms with Gasteiger partial charge in [0, 0.05) is 37.3 Å². The number of carbonyl (C=O) groups excluding carboxylic acids is 1. The molecule has 2 N–H and O–H groups in total. The lowest BCUT2D eigenvalue weighted by Crippen LogP contribution is -2.40. The van der Waals surface area contributed by atoms with E-state index in [1.54, 1.807) is 0 Å². The molecule has 6 heteroatoms. The van der Waals surface area contributed by atoms with Crippen LogP contribution in [-0.2, 0) is 12.8 Å². The molecule has 0 bridgehead atoms. The van der Waals surface area contributed by atoms with Gasteiger partial charge in [-0.3, -0.25) is 4.79 Å². The van der Waals surface area contributed by atoms with Crippen LogP contribution in [0.1, 0.15) is 60.1 Å². The van der Waals surface area contributed by atoms with Crippen LogP contribution in [0.3, 0.4) is 0 Å². The van der Waals surface area contributed by atoms with Crippen molar-refractivity contribution in [1.29, 1.82) is 0 Å². The first-order valence-corrected chi connectivity index (χ1v) is 10.8. The van der Waals surface area contributed by atoms with Crippen LogP contribution >= 0.6 is 0 Å². The minimum absolute atomic E-state index is 0.0238. The molecule has 1 heterocycles. The van der Waals surface area contributed by atoms with E-state index in [0.717, 1.165) is 55.9 Å². The third-order valence-corrected chi connectivity index (χ3v) is 6.02. The van der Waals surface area contributed by atoms with Crippen molar-refractivity contribution in [2.75, 3.05) is 24.3 Å². The van der Waals surface area contributed by atoms with Crippen LogP contribution in [0, 0.1) is 0 Å². The molecule has 154 valence electrons. The SMILES string of the molecule is CN(C)c1nc(N[C@H]2CC[C@@H](NC(=O)c3ccccc3)CC2)nc2c1CCCC2. The van der Waals surface area contributed by atoms with E-state index in [0.29, 0.717) is 6.04 Å². The number of aromatic nitrogens is 2. The normalized spacial score (nSPS) is 21.2. The molecule has 1 saturated carbocycles. The third-order valence-electron chi connectivity index (χ3n) is 6.02. The Balaban J connectivity index is 1.35. The number of amides is 1. The van der Waals surface area contributed by atoms with Gasteiger partial charge in [-0.2, -0.15) is 4.98 Å². The minimum atomic E-state index is 0.0238. The van der Waals surface area contributed by atoms with Gasteiger partial charge in [0.1, 0.15) is 5.82 Å². The smallest absolute Gasteiger partial charge is 0.251 e. The van der Waals surface area contributed by atoms with E-state index in [2.05, 4.69) is 29.6 Å². The summed E-state index contributed by atoms with van der Waals surface area (Å²) in [6.07, 6.45) is 8.53. The van der Waals surface area contributed by atoms with Crippen LogP contribution in [0.5, 0.6) is 0 Å². The number of anilines is 2. The lowest BCUT2D eigenvalue weighted by Gasteiger charge is -2.30. The topological polar surface area (TPSA) is 70.2 Å². The maximum Gasteiger partial charge on any atom is 0.251 e. The van der Waals surface area contributed by atoms with E-state index in [4.69, 9.17) is 9.97 Å². The maximum absolute atomic E-state index is 12.4. The third kappa shape index (κ3) is 4.69. The van der Waals surface area contributed by atoms with E-state index in [-0.39, 0.29) is 11.9 Å². The Morgan fingerprint density at radius 3 is 2.38 bits per heavy atom. The predicted molar refractivity (Wildman–Crippen MR) is 117 cm³/mol. The van der Waals surface area contributed by atoms with Crippen molar-refractivity contribution in [3.05, 3.63) is 47.2 Å². The summed E-state index contributed by atoms with van der Waals surface area (Å²) in [5.74, 6) is 1.84. The number of nitrogens with zero attached hydrogens (tertiary/aromatic N) is 3. The minimum Gasteiger partial charge on any atom is -0.362 e. The van der Waals surface area contributed by atoms with E-state index >= 15 is 0 Å². The van der Waals surface area contributed by atoms with Gasteiger partial charge in [-0.15, -0.1) is 0 Å². The van der Waals surface area contributed by atoms with Crippen molar-refractivity contribution in [3.63, 3.8) is 0 Å². The summed E-state index contributed by atoms with van der Waals surface area (Å²) in [4.78, 5) is 24.1. The molecule has 6 nitrogen and oxygen atoms in total. The number of carbonyl (C=O) groups is 1. The molecule has 0 saturated heterocycles. The summed E-state index contributed by atoms with van der Waals surface area (Å²) < 4.78 is 0. The average molecular weight is 394 g/mol. The van der Waals surface area contributed by atoms with Gasteiger partial charge in [-0.25, -0.2) is 4.98 Å². The molecule has 0 radical (unpaired) electrons. The van der Waals surface area contributed by atoms with Crippen molar-refractivity contribution in [1.82, 2.24) is 15.3 Å². The monoisotopic (exact) mass is 393 g/mol. The fourth-order valence-electron chi connectivity index (χ4n) is 4.43. The van der Waals surface area contributed by atoms with Crippen molar-refractivity contribution in [2.45, 2.75) is 63.5 Å². The Bertz CT molecular complexity index is 844. The van der Waals surface area contributed by atoms with Crippen LogP contribution in [0.25, 0.3) is 0 Å². The lowest BCUT2D eigenvalue weighted by atomic mass is 9.91. The van der Waals surface area contributed by atoms with E-state index in [1.165, 1.54) is 24.1 Å². The number of rotatable bonds is 5. The molecule has 1 fully saturated rings. The molecule has 0 atom stereocenters. The van der Waals surface area contributed by atoms with Crippen LogP contribution in [-0.4, -0.2) is 42.1 Å². The number of benzene rings is 1. The summed E-state index contributed by atoms with van der Waals surface area (Å²) in [5.41, 5.74) is 3.26. The number of hydrogen-bond acceptors (Lipinski definition) is 5. The second-order valence-corrected chi connectivity index (χ2v) is 8.43. The first-order chi connectivity index (χ1) is 14.1. The van der Waals surface area contributed by atoms with Gasteiger partial charge in [0.2, 0.25) is 5.95 Å². The molecular formula is C23H31N5O. The second kappa shape index (κ2) is 8.80. The molecular weight excluding hydrogens is 362 g/mol. The molecule has 4 rings (SSSR count). The van der Waals surface area contributed by atoms with E-state index in [1.807, 2.05) is 30.3 Å². The van der Waals surface area contributed by atoms with Crippen LogP contribution in [0.2, 0.25) is 0 Å². The largest absolute Gasteiger partial charge is 0.362 e. The molecule has 1 aromatic heterocycles. The maximum atomic E-state index is 12.4. The van der Waals surface area contributed by atoms with Crippen LogP contribution in [0.15, 0.2) is 30.3 Å². The highest BCUT2D eigenvalue weighted by Gasteiger charge is 2.25. The molecule has 29 heavy (non-hydrogen) atoms. The van der Waals surface area contributed by atoms with Crippen molar-refractivity contribution in [3.8, 4) is 0 Å². The zero-order valence-electron chi connectivity index (χ0n) is 17.4. The average Bonchev–Trinajstić information content (AvgIpc) is 2.75. The summed E-state index contributed by atoms with van der Waals surface area (Å²) in [7, 11) is 4.11. The van der Waals surface area contributed by atoms with Gasteiger partial charge in [0.05, 0.1) is 5.69 Å². The Hall–Kier alpha value is -2.63. The number of fused-ring (bicyclic) bond motifs is 1. The van der Waals surface area contributed by atoms with Crippen molar-refractivity contribution >= 4 is 17.7 Å². The number of aryl methyl sites for hydroxylation is 1. The fraction of sp³-hybridized carbons (Fsp3) is 0.522. The zero-order valence-corrected chi connectivity index (χ0v) is 17.4. The Labute approximate surface area is 173 Å². The first kappa shape index (κ1) is 19.7. The molecule has 2 aliphatic carbocycles. The van der Waals surface area contributed by atoms with Gasteiger partial charge in [0.15, 0.2) is 0 Å². The standard InChI is InChI=1S/C23H31N5O/c1-28(2)21-19-10-6-7-11-20(19)26-23(27-21)25-18-14-12-17(13-15-18)24-22(29)16-8-4-3-5-9-16/h3-5,8-9,17-18H,6-7,10-15H2,1-2H3,(H,24,29)(H,25,26,27)/t17-,18+. The van der Waals surface area contributed by atoms with Crippen LogP contribution < -0.4 is 15.5 Å². The zero-order chi connectivity index (χ0) is 20.2. The van der Waals surface area contributed by atoms with Gasteiger partial charge in [-0.1, -0.05) is 18.2 Å². The van der Waals surface area contributed by atoms with Gasteiger partial charge in [0.25, 0.3) is 5.91 Å². The molecule has 0 spiro atoms. The second-order valence-electron chi connectivity index (χ2n) is 8.43. The summed E-state index contributed by atoms with van der Waals surface area (Å²) in [6, 6.07) is 10.0. The number of hydrogen-bond donors (Lipinski definition) is 2. The van der Waals surface area contributed by atoms with E-state index in [9.17, 15) is 4.79 Å². The number of nitrogens with one attached hydrogen (secondary N) is 2. The fourth-order valence-corrected chi connectivity index (χ4v) is 4.43. The Morgan fingerprint density at radius 2 is 1.66 bits per heavy atom. The quantitative estimate of drug-likeness (QED) is 0.813. The Morgan fingerprint density at radius 1 is 0.966 bits per heavy atom. The molecule has 0 aliphatic heterocycles. The highest BCUT2D eigenvalue weighted by atomic mass is 16.1. The van der Waals surface area contributed by atoms with Crippen molar-refractivity contribution < 1.29 is 4.79 Å². The molecule has 1 aromatic carbocycles. The lowest BCUT2D eigenvalue weighted by molar-refractivity contribution is 0.0926. The molecule has 1 amide bonds. The molecule has 2 aromatic rings. The van der Waals surface area contributed by atoms with Crippen LogP contribution in [0.4, 0.5) is 11.8 Å². The Kier molecular flexibility index (Phi) is 5.97. The van der Waals surface area contributed by atoms with Gasteiger partial charge < -0.3 is 15.5 Å². The first-order valence-electron chi connectivity index (χ1n) is 10.8. The van der Waals surface area contributed by atoms with Crippen molar-refractivity contribution in [2.24, 2.45) is 0 Å². The summed E-state index contributed by atoms with van der Waals surface area (Å²) >= 11 is 0. The van der Waals surface area contributed by atoms with Gasteiger partial charge in [-0.05, 0) is 63.5 Å². The predicted octanol–water partition coefficient (Wildman–Crippen LogP) is 3.57. The highest BCUT2D eigenvalue weighted by molar-refractivity contribution is 5.94.